The topological polar surface area (TPSA) is 154 Å². The van der Waals surface area contributed by atoms with Crippen LogP contribution in [0.1, 0.15) is 19.4 Å². The highest BCUT2D eigenvalue weighted by molar-refractivity contribution is 8.00. The number of aromatic nitrogens is 4. The second-order valence-corrected chi connectivity index (χ2v) is 8.18. The molecule has 14 heteroatoms. The van der Waals surface area contributed by atoms with E-state index in [2.05, 4.69) is 15.5 Å². The molecular formula is C18H17N7O6S. The molecule has 0 spiro atoms. The van der Waals surface area contributed by atoms with E-state index in [1.54, 1.807) is 6.92 Å². The number of nitrogens with zero attached hydrogens (tertiary/aromatic N) is 7. The van der Waals surface area contributed by atoms with Crippen molar-refractivity contribution in [1.82, 2.24) is 25.2 Å². The minimum Gasteiger partial charge on any atom is -0.456 e. The van der Waals surface area contributed by atoms with Crippen LogP contribution in [-0.4, -0.2) is 65.1 Å². The Balaban J connectivity index is 1.49. The molecule has 0 N–H and O–H groups in total. The lowest BCUT2D eigenvalue weighted by molar-refractivity contribution is -0.384. The Morgan fingerprint density at radius 3 is 2.66 bits per heavy atom. The molecule has 2 aromatic rings. The molecule has 0 bridgehead atoms. The van der Waals surface area contributed by atoms with Gasteiger partial charge in [-0.1, -0.05) is 0 Å². The number of ether oxygens (including phenoxy) is 1. The van der Waals surface area contributed by atoms with E-state index in [4.69, 9.17) is 4.74 Å². The molecule has 32 heavy (non-hydrogen) atoms. The Morgan fingerprint density at radius 1 is 1.34 bits per heavy atom. The summed E-state index contributed by atoms with van der Waals surface area (Å²) >= 11 is 1.42. The van der Waals surface area contributed by atoms with Crippen LogP contribution in [0, 0.1) is 10.1 Å². The number of nitro benzene ring substituents is 1. The van der Waals surface area contributed by atoms with Crippen molar-refractivity contribution in [3.63, 3.8) is 0 Å². The number of esters is 1. The fourth-order valence-corrected chi connectivity index (χ4v) is 4.82. The number of amides is 2. The summed E-state index contributed by atoms with van der Waals surface area (Å²) in [5.41, 5.74) is 1.31. The number of carbonyl (C=O) groups excluding carboxylic acids is 3. The SMILES string of the molecule is CC(=O)N(C1C(=O)N2C(C(=O)OCc3ccc([N+](=O)[O-])cc3)=C(C)CS[C@@H]12)n1cnnn1. The van der Waals surface area contributed by atoms with E-state index >= 15 is 0 Å². The highest BCUT2D eigenvalue weighted by Crippen LogP contribution is 2.42. The van der Waals surface area contributed by atoms with Gasteiger partial charge in [0, 0.05) is 24.8 Å². The van der Waals surface area contributed by atoms with Crippen LogP contribution < -0.4 is 5.01 Å². The molecule has 1 saturated heterocycles. The second kappa shape index (κ2) is 8.37. The minimum absolute atomic E-state index is 0.0689. The average molecular weight is 459 g/mol. The Hall–Kier alpha value is -3.81. The number of benzene rings is 1. The molecule has 1 aromatic carbocycles. The number of rotatable bonds is 6. The van der Waals surface area contributed by atoms with Gasteiger partial charge in [-0.05, 0) is 40.6 Å². The first-order valence-corrected chi connectivity index (χ1v) is 10.4. The van der Waals surface area contributed by atoms with Gasteiger partial charge in [-0.15, -0.1) is 21.7 Å². The summed E-state index contributed by atoms with van der Waals surface area (Å²) in [6, 6.07) is 4.76. The van der Waals surface area contributed by atoms with Gasteiger partial charge in [0.25, 0.3) is 11.6 Å². The van der Waals surface area contributed by atoms with E-state index in [0.717, 1.165) is 9.80 Å². The maximum Gasteiger partial charge on any atom is 0.355 e. The number of thioether (sulfide) groups is 1. The molecule has 1 aromatic heterocycles. The van der Waals surface area contributed by atoms with Gasteiger partial charge in [-0.2, -0.15) is 0 Å². The normalized spacial score (nSPS) is 19.8. The predicted molar refractivity (Wildman–Crippen MR) is 109 cm³/mol. The standard InChI is InChI=1S/C18H17N7O6S/c1-10-8-32-17-15(24(11(2)26)22-9-19-20-21-22)16(27)23(17)14(10)18(28)31-7-12-3-5-13(6-4-12)25(29)30/h3-6,9,15,17H,7-8H2,1-2H3/t15?,17-/m0/s1. The first kappa shape index (κ1) is 21.4. The smallest absolute Gasteiger partial charge is 0.355 e. The van der Waals surface area contributed by atoms with E-state index in [1.165, 1.54) is 54.2 Å². The first-order chi connectivity index (χ1) is 15.3. The van der Waals surface area contributed by atoms with Crippen molar-refractivity contribution in [1.29, 1.82) is 0 Å². The number of β-lactam (4-membered cyclic amide) rings is 1. The van der Waals surface area contributed by atoms with Gasteiger partial charge in [-0.3, -0.25) is 24.6 Å². The fourth-order valence-electron chi connectivity index (χ4n) is 3.49. The van der Waals surface area contributed by atoms with Crippen molar-refractivity contribution >= 4 is 35.2 Å². The molecule has 4 rings (SSSR count). The summed E-state index contributed by atoms with van der Waals surface area (Å²) in [5.74, 6) is -1.09. The quantitative estimate of drug-likeness (QED) is 0.256. The molecule has 1 fully saturated rings. The molecule has 3 heterocycles. The third kappa shape index (κ3) is 3.68. The zero-order valence-electron chi connectivity index (χ0n) is 16.9. The molecular weight excluding hydrogens is 442 g/mol. The summed E-state index contributed by atoms with van der Waals surface area (Å²) in [6.07, 6.45) is 1.21. The van der Waals surface area contributed by atoms with Crippen LogP contribution in [0.4, 0.5) is 5.69 Å². The van der Waals surface area contributed by atoms with Gasteiger partial charge < -0.3 is 4.74 Å². The van der Waals surface area contributed by atoms with Crippen molar-refractivity contribution in [3.05, 3.63) is 57.5 Å². The van der Waals surface area contributed by atoms with Crippen molar-refractivity contribution in [2.24, 2.45) is 0 Å². The lowest BCUT2D eigenvalue weighted by Crippen LogP contribution is -2.73. The molecule has 0 radical (unpaired) electrons. The van der Waals surface area contributed by atoms with Gasteiger partial charge >= 0.3 is 5.97 Å². The third-order valence-electron chi connectivity index (χ3n) is 4.99. The molecule has 2 aliphatic heterocycles. The van der Waals surface area contributed by atoms with E-state index in [-0.39, 0.29) is 18.0 Å². The van der Waals surface area contributed by atoms with E-state index in [1.807, 2.05) is 0 Å². The molecule has 0 aliphatic carbocycles. The minimum atomic E-state index is -0.869. The fraction of sp³-hybridized carbons (Fsp3) is 0.333. The number of hydrogen-bond donors (Lipinski definition) is 0. The Labute approximate surface area is 185 Å². The Kier molecular flexibility index (Phi) is 5.61. The van der Waals surface area contributed by atoms with Gasteiger partial charge in [0.2, 0.25) is 5.91 Å². The van der Waals surface area contributed by atoms with Crippen molar-refractivity contribution in [2.75, 3.05) is 10.8 Å². The van der Waals surface area contributed by atoms with Gasteiger partial charge in [0.15, 0.2) is 12.4 Å². The summed E-state index contributed by atoms with van der Waals surface area (Å²) < 4.78 is 5.37. The van der Waals surface area contributed by atoms with Gasteiger partial charge in [-0.25, -0.2) is 9.80 Å². The molecule has 2 atom stereocenters. The van der Waals surface area contributed by atoms with Crippen LogP contribution in [0.25, 0.3) is 0 Å². The maximum atomic E-state index is 13.0. The van der Waals surface area contributed by atoms with Crippen molar-refractivity contribution < 1.29 is 24.0 Å². The van der Waals surface area contributed by atoms with Gasteiger partial charge in [0.1, 0.15) is 17.7 Å². The molecule has 0 saturated carbocycles. The number of fused-ring (bicyclic) bond motifs is 1. The molecule has 2 amide bonds. The van der Waals surface area contributed by atoms with Crippen LogP contribution in [0.2, 0.25) is 0 Å². The maximum absolute atomic E-state index is 13.0. The molecule has 166 valence electrons. The number of nitro groups is 1. The molecule has 1 unspecified atom stereocenters. The lowest BCUT2D eigenvalue weighted by Gasteiger charge is -2.51. The van der Waals surface area contributed by atoms with Crippen molar-refractivity contribution in [3.8, 4) is 0 Å². The van der Waals surface area contributed by atoms with Crippen LogP contribution in [0.15, 0.2) is 41.9 Å². The second-order valence-electron chi connectivity index (χ2n) is 7.08. The van der Waals surface area contributed by atoms with Crippen LogP contribution >= 0.6 is 11.8 Å². The van der Waals surface area contributed by atoms with Crippen molar-refractivity contribution in [2.45, 2.75) is 31.9 Å². The lowest BCUT2D eigenvalue weighted by atomic mass is 10.0. The van der Waals surface area contributed by atoms with E-state index in [0.29, 0.717) is 16.9 Å². The first-order valence-electron chi connectivity index (χ1n) is 9.37. The average Bonchev–Trinajstić information content (AvgIpc) is 3.29. The van der Waals surface area contributed by atoms with E-state index in [9.17, 15) is 24.5 Å². The number of carbonyl (C=O) groups is 3. The highest BCUT2D eigenvalue weighted by atomic mass is 32.2. The largest absolute Gasteiger partial charge is 0.456 e. The van der Waals surface area contributed by atoms with Crippen LogP contribution in [-0.2, 0) is 25.7 Å². The predicted octanol–water partition coefficient (Wildman–Crippen LogP) is 0.367. The summed E-state index contributed by atoms with van der Waals surface area (Å²) in [6.45, 7) is 2.92. The van der Waals surface area contributed by atoms with Crippen LogP contribution in [0.3, 0.4) is 0 Å². The van der Waals surface area contributed by atoms with Gasteiger partial charge in [0.05, 0.1) is 4.92 Å². The Morgan fingerprint density at radius 2 is 2.06 bits per heavy atom. The summed E-state index contributed by atoms with van der Waals surface area (Å²) in [7, 11) is 0. The zero-order valence-corrected chi connectivity index (χ0v) is 17.8. The number of non-ortho nitro benzene ring substituents is 1. The molecule has 2 aliphatic rings. The summed E-state index contributed by atoms with van der Waals surface area (Å²) in [4.78, 5) is 50.7. The van der Waals surface area contributed by atoms with E-state index < -0.39 is 34.1 Å². The number of hydrogen-bond acceptors (Lipinski definition) is 10. The number of tetrazole rings is 1. The third-order valence-corrected chi connectivity index (χ3v) is 6.40. The summed E-state index contributed by atoms with van der Waals surface area (Å²) in [5, 5.41) is 22.1. The molecule has 13 nitrogen and oxygen atoms in total. The monoisotopic (exact) mass is 459 g/mol. The Bertz CT molecular complexity index is 1120. The zero-order chi connectivity index (χ0) is 23.0. The highest BCUT2D eigenvalue weighted by Gasteiger charge is 2.57. The van der Waals surface area contributed by atoms with Crippen LogP contribution in [0.5, 0.6) is 0 Å².